The molecule has 1 unspecified atom stereocenters. The van der Waals surface area contributed by atoms with Gasteiger partial charge in [0.15, 0.2) is 0 Å². The van der Waals surface area contributed by atoms with Crippen LogP contribution in [0.25, 0.3) is 0 Å². The van der Waals surface area contributed by atoms with Crippen molar-refractivity contribution in [1.29, 1.82) is 0 Å². The molecule has 0 aromatic heterocycles. The number of nitrogens with one attached hydrogen (secondary N) is 1. The van der Waals surface area contributed by atoms with Crippen LogP contribution < -0.4 is 10.1 Å². The Balaban J connectivity index is 2.70. The number of carbonyl (C=O) groups excluding carboxylic acids is 1. The average molecular weight is 251 g/mol. The Morgan fingerprint density at radius 3 is 2.72 bits per heavy atom. The van der Waals surface area contributed by atoms with E-state index in [2.05, 4.69) is 5.32 Å². The van der Waals surface area contributed by atoms with Crippen LogP contribution in [-0.2, 0) is 16.0 Å². The molecule has 98 valence electrons. The van der Waals surface area contributed by atoms with Crippen LogP contribution in [0, 0.1) is 5.92 Å². The SMILES string of the molecule is COc1cccc(CC(CNC(C)=O)C(=O)O)c1. The molecule has 0 heterocycles. The van der Waals surface area contributed by atoms with E-state index >= 15 is 0 Å². The lowest BCUT2D eigenvalue weighted by molar-refractivity contribution is -0.141. The van der Waals surface area contributed by atoms with Crippen molar-refractivity contribution in [1.82, 2.24) is 5.32 Å². The zero-order chi connectivity index (χ0) is 13.5. The highest BCUT2D eigenvalue weighted by molar-refractivity contribution is 5.75. The summed E-state index contributed by atoms with van der Waals surface area (Å²) in [5.74, 6) is -1.10. The summed E-state index contributed by atoms with van der Waals surface area (Å²) in [4.78, 5) is 21.9. The Bertz CT molecular complexity index is 431. The molecule has 5 heteroatoms. The molecule has 5 nitrogen and oxygen atoms in total. The smallest absolute Gasteiger partial charge is 0.308 e. The molecule has 1 rings (SSSR count). The predicted molar refractivity (Wildman–Crippen MR) is 66.5 cm³/mol. The van der Waals surface area contributed by atoms with E-state index in [1.54, 1.807) is 19.2 Å². The molecule has 0 saturated carbocycles. The number of carboxylic acids is 1. The third-order valence-corrected chi connectivity index (χ3v) is 2.56. The number of amides is 1. The van der Waals surface area contributed by atoms with E-state index in [1.807, 2.05) is 12.1 Å². The number of ether oxygens (including phenoxy) is 1. The molecule has 1 atom stereocenters. The van der Waals surface area contributed by atoms with Gasteiger partial charge in [-0.1, -0.05) is 12.1 Å². The zero-order valence-electron chi connectivity index (χ0n) is 10.5. The van der Waals surface area contributed by atoms with Crippen molar-refractivity contribution in [2.24, 2.45) is 5.92 Å². The highest BCUT2D eigenvalue weighted by atomic mass is 16.5. The monoisotopic (exact) mass is 251 g/mol. The summed E-state index contributed by atoms with van der Waals surface area (Å²) in [6.07, 6.45) is 0.354. The molecule has 18 heavy (non-hydrogen) atoms. The van der Waals surface area contributed by atoms with Crippen LogP contribution in [-0.4, -0.2) is 30.6 Å². The second-order valence-corrected chi connectivity index (χ2v) is 4.03. The Hall–Kier alpha value is -2.04. The summed E-state index contributed by atoms with van der Waals surface area (Å²) in [6.45, 7) is 1.49. The summed E-state index contributed by atoms with van der Waals surface area (Å²) in [6, 6.07) is 7.24. The highest BCUT2D eigenvalue weighted by Gasteiger charge is 2.18. The van der Waals surface area contributed by atoms with Crippen LogP contribution in [0.4, 0.5) is 0 Å². The van der Waals surface area contributed by atoms with Crippen molar-refractivity contribution in [3.63, 3.8) is 0 Å². The minimum absolute atomic E-state index is 0.127. The van der Waals surface area contributed by atoms with E-state index in [0.717, 1.165) is 5.56 Å². The van der Waals surface area contributed by atoms with E-state index < -0.39 is 11.9 Å². The lowest BCUT2D eigenvalue weighted by atomic mass is 9.99. The Kier molecular flexibility index (Phi) is 5.17. The predicted octanol–water partition coefficient (Wildman–Crippen LogP) is 1.07. The lowest BCUT2D eigenvalue weighted by Crippen LogP contribution is -2.32. The Morgan fingerprint density at radius 1 is 1.44 bits per heavy atom. The summed E-state index contributed by atoms with van der Waals surface area (Å²) in [7, 11) is 1.56. The summed E-state index contributed by atoms with van der Waals surface area (Å²) >= 11 is 0. The number of methoxy groups -OCH3 is 1. The topological polar surface area (TPSA) is 75.6 Å². The Morgan fingerprint density at radius 2 is 2.17 bits per heavy atom. The number of benzene rings is 1. The maximum Gasteiger partial charge on any atom is 0.308 e. The van der Waals surface area contributed by atoms with Gasteiger partial charge in [-0.05, 0) is 24.1 Å². The summed E-state index contributed by atoms with van der Waals surface area (Å²) in [5.41, 5.74) is 0.868. The third kappa shape index (κ3) is 4.45. The van der Waals surface area contributed by atoms with Crippen LogP contribution in [0.2, 0.25) is 0 Å². The van der Waals surface area contributed by atoms with Gasteiger partial charge in [0.25, 0.3) is 0 Å². The molecule has 0 bridgehead atoms. The zero-order valence-corrected chi connectivity index (χ0v) is 10.5. The summed E-state index contributed by atoms with van der Waals surface area (Å²) in [5, 5.41) is 11.6. The van der Waals surface area contributed by atoms with Gasteiger partial charge >= 0.3 is 5.97 Å². The molecule has 0 aliphatic rings. The van der Waals surface area contributed by atoms with Crippen molar-refractivity contribution >= 4 is 11.9 Å². The van der Waals surface area contributed by atoms with E-state index in [-0.39, 0.29) is 12.5 Å². The molecule has 1 amide bonds. The first-order valence-corrected chi connectivity index (χ1v) is 5.63. The standard InChI is InChI=1S/C13H17NO4/c1-9(15)14-8-11(13(16)17)6-10-4-3-5-12(7-10)18-2/h3-5,7,11H,6,8H2,1-2H3,(H,14,15)(H,16,17). The summed E-state index contributed by atoms with van der Waals surface area (Å²) < 4.78 is 5.08. The van der Waals surface area contributed by atoms with Gasteiger partial charge in [-0.15, -0.1) is 0 Å². The van der Waals surface area contributed by atoms with Gasteiger partial charge in [-0.25, -0.2) is 0 Å². The first kappa shape index (κ1) is 14.0. The number of carboxylic acid groups (broad SMARTS) is 1. The average Bonchev–Trinajstić information content (AvgIpc) is 2.34. The maximum absolute atomic E-state index is 11.1. The normalized spacial score (nSPS) is 11.7. The van der Waals surface area contributed by atoms with Gasteiger partial charge in [0.2, 0.25) is 5.91 Å². The number of carbonyl (C=O) groups is 2. The van der Waals surface area contributed by atoms with Gasteiger partial charge in [0, 0.05) is 13.5 Å². The minimum atomic E-state index is -0.924. The second-order valence-electron chi connectivity index (χ2n) is 4.03. The van der Waals surface area contributed by atoms with E-state index in [9.17, 15) is 9.59 Å². The highest BCUT2D eigenvalue weighted by Crippen LogP contribution is 2.16. The van der Waals surface area contributed by atoms with Crippen LogP contribution in [0.1, 0.15) is 12.5 Å². The molecule has 1 aromatic rings. The molecular weight excluding hydrogens is 234 g/mol. The maximum atomic E-state index is 11.1. The van der Waals surface area contributed by atoms with Crippen LogP contribution in [0.3, 0.4) is 0 Å². The van der Waals surface area contributed by atoms with Crippen LogP contribution in [0.15, 0.2) is 24.3 Å². The molecule has 0 saturated heterocycles. The molecular formula is C13H17NO4. The van der Waals surface area contributed by atoms with Crippen LogP contribution >= 0.6 is 0 Å². The van der Waals surface area contributed by atoms with E-state index in [0.29, 0.717) is 12.2 Å². The van der Waals surface area contributed by atoms with Crippen molar-refractivity contribution in [3.8, 4) is 5.75 Å². The quantitative estimate of drug-likeness (QED) is 0.793. The fraction of sp³-hybridized carbons (Fsp3) is 0.385. The minimum Gasteiger partial charge on any atom is -0.497 e. The molecule has 0 spiro atoms. The molecule has 0 fully saturated rings. The van der Waals surface area contributed by atoms with Crippen molar-refractivity contribution in [2.45, 2.75) is 13.3 Å². The molecule has 0 radical (unpaired) electrons. The second kappa shape index (κ2) is 6.64. The van der Waals surface area contributed by atoms with Crippen molar-refractivity contribution in [3.05, 3.63) is 29.8 Å². The molecule has 2 N–H and O–H groups in total. The van der Waals surface area contributed by atoms with Crippen molar-refractivity contribution < 1.29 is 19.4 Å². The van der Waals surface area contributed by atoms with Crippen molar-refractivity contribution in [2.75, 3.05) is 13.7 Å². The fourth-order valence-electron chi connectivity index (χ4n) is 1.60. The number of hydrogen-bond acceptors (Lipinski definition) is 3. The molecule has 0 aliphatic carbocycles. The molecule has 0 aliphatic heterocycles. The fourth-order valence-corrected chi connectivity index (χ4v) is 1.60. The van der Waals surface area contributed by atoms with Gasteiger partial charge in [0.05, 0.1) is 13.0 Å². The first-order valence-electron chi connectivity index (χ1n) is 5.63. The van der Waals surface area contributed by atoms with Crippen LogP contribution in [0.5, 0.6) is 5.75 Å². The number of hydrogen-bond donors (Lipinski definition) is 2. The van der Waals surface area contributed by atoms with E-state index in [1.165, 1.54) is 6.92 Å². The van der Waals surface area contributed by atoms with Gasteiger partial charge in [0.1, 0.15) is 5.75 Å². The largest absolute Gasteiger partial charge is 0.497 e. The number of rotatable bonds is 6. The van der Waals surface area contributed by atoms with Gasteiger partial charge in [-0.2, -0.15) is 0 Å². The molecule has 1 aromatic carbocycles. The first-order chi connectivity index (χ1) is 8.52. The Labute approximate surface area is 106 Å². The third-order valence-electron chi connectivity index (χ3n) is 2.56. The number of aliphatic carboxylic acids is 1. The van der Waals surface area contributed by atoms with Gasteiger partial charge in [-0.3, -0.25) is 9.59 Å². The van der Waals surface area contributed by atoms with E-state index in [4.69, 9.17) is 9.84 Å². The van der Waals surface area contributed by atoms with Gasteiger partial charge < -0.3 is 15.2 Å². The lowest BCUT2D eigenvalue weighted by Gasteiger charge is -2.13.